The van der Waals surface area contributed by atoms with Crippen molar-refractivity contribution in [2.45, 2.75) is 58.0 Å². The maximum atomic E-state index is 13.8. The van der Waals surface area contributed by atoms with Gasteiger partial charge in [0.05, 0.1) is 17.9 Å². The fourth-order valence-electron chi connectivity index (χ4n) is 6.00. The number of hydrogen-bond acceptors (Lipinski definition) is 5. The molecule has 214 valence electrons. The predicted octanol–water partition coefficient (Wildman–Crippen LogP) is 3.81. The fraction of sp³-hybridized carbons (Fsp3) is 0.552. The van der Waals surface area contributed by atoms with Crippen LogP contribution < -0.4 is 10.2 Å². The third-order valence-corrected chi connectivity index (χ3v) is 7.94. The first-order chi connectivity index (χ1) is 17.6. The molecule has 0 saturated carbocycles. The topological polar surface area (TPSA) is 68.8 Å². The van der Waals surface area contributed by atoms with Crippen LogP contribution in [0.1, 0.15) is 50.9 Å². The van der Waals surface area contributed by atoms with E-state index in [4.69, 9.17) is 4.98 Å². The normalized spacial score (nSPS) is 24.2. The third-order valence-electron chi connectivity index (χ3n) is 7.94. The van der Waals surface area contributed by atoms with Gasteiger partial charge in [0.25, 0.3) is 0 Å². The van der Waals surface area contributed by atoms with Gasteiger partial charge in [-0.15, -0.1) is 24.8 Å². The van der Waals surface area contributed by atoms with E-state index in [-0.39, 0.29) is 59.9 Å². The van der Waals surface area contributed by atoms with Gasteiger partial charge in [-0.1, -0.05) is 32.9 Å². The first-order valence-corrected chi connectivity index (χ1v) is 13.4. The Bertz CT molecular complexity index is 1180. The van der Waals surface area contributed by atoms with Crippen LogP contribution in [0.3, 0.4) is 0 Å². The minimum Gasteiger partial charge on any atom is -0.341 e. The SMILES string of the molecule is CC1CC(=O)N(C[C@H]2CN[C@H](C)CN2CC(=O)N2CC(C)(C)c3ncc(Cc4ccc(F)cc4)cc32)C1.Cl.Cl. The Kier molecular flexibility index (Phi) is 10.0. The molecule has 4 heterocycles. The van der Waals surface area contributed by atoms with Gasteiger partial charge in [0, 0.05) is 62.8 Å². The molecule has 3 atom stereocenters. The summed E-state index contributed by atoms with van der Waals surface area (Å²) in [4.78, 5) is 37.1. The maximum absolute atomic E-state index is 13.8. The first kappa shape index (κ1) is 31.3. The number of pyridine rings is 1. The highest BCUT2D eigenvalue weighted by molar-refractivity contribution is 5.97. The lowest BCUT2D eigenvalue weighted by Crippen LogP contribution is -2.61. The van der Waals surface area contributed by atoms with Crippen molar-refractivity contribution in [1.82, 2.24) is 20.1 Å². The van der Waals surface area contributed by atoms with Gasteiger partial charge in [-0.3, -0.25) is 19.5 Å². The van der Waals surface area contributed by atoms with Gasteiger partial charge in [0.2, 0.25) is 11.8 Å². The van der Waals surface area contributed by atoms with Crippen LogP contribution in [0.5, 0.6) is 0 Å². The number of anilines is 1. The van der Waals surface area contributed by atoms with Crippen molar-refractivity contribution in [3.8, 4) is 0 Å². The molecule has 1 unspecified atom stereocenters. The van der Waals surface area contributed by atoms with Crippen molar-refractivity contribution in [2.24, 2.45) is 5.92 Å². The first-order valence-electron chi connectivity index (χ1n) is 13.4. The van der Waals surface area contributed by atoms with Crippen molar-refractivity contribution in [3.63, 3.8) is 0 Å². The van der Waals surface area contributed by atoms with Crippen LogP contribution >= 0.6 is 24.8 Å². The minimum atomic E-state index is -0.251. The average molecular weight is 581 g/mol. The van der Waals surface area contributed by atoms with E-state index in [0.29, 0.717) is 38.4 Å². The van der Waals surface area contributed by atoms with E-state index in [1.165, 1.54) is 12.1 Å². The van der Waals surface area contributed by atoms with Gasteiger partial charge in [-0.05, 0) is 48.6 Å². The molecule has 0 radical (unpaired) electrons. The summed E-state index contributed by atoms with van der Waals surface area (Å²) in [5, 5.41) is 3.53. The second-order valence-electron chi connectivity index (χ2n) is 11.9. The monoisotopic (exact) mass is 579 g/mol. The zero-order valence-electron chi connectivity index (χ0n) is 23.2. The molecule has 2 saturated heterocycles. The molecule has 0 spiro atoms. The Morgan fingerprint density at radius 1 is 1.13 bits per heavy atom. The number of fused-ring (bicyclic) bond motifs is 1. The Morgan fingerprint density at radius 2 is 1.85 bits per heavy atom. The van der Waals surface area contributed by atoms with E-state index in [0.717, 1.165) is 42.1 Å². The van der Waals surface area contributed by atoms with Crippen molar-refractivity contribution in [1.29, 1.82) is 0 Å². The molecule has 1 aromatic carbocycles. The number of likely N-dealkylation sites (tertiary alicyclic amines) is 1. The summed E-state index contributed by atoms with van der Waals surface area (Å²) in [6.07, 6.45) is 3.12. The van der Waals surface area contributed by atoms with Crippen LogP contribution in [-0.2, 0) is 21.4 Å². The van der Waals surface area contributed by atoms with Crippen molar-refractivity contribution in [2.75, 3.05) is 44.2 Å². The summed E-state index contributed by atoms with van der Waals surface area (Å²) in [6, 6.07) is 8.96. The Balaban J connectivity index is 0.00000210. The number of aromatic nitrogens is 1. The molecule has 3 aliphatic rings. The summed E-state index contributed by atoms with van der Waals surface area (Å²) >= 11 is 0. The second kappa shape index (κ2) is 12.5. The summed E-state index contributed by atoms with van der Waals surface area (Å²) in [7, 11) is 0. The molecule has 5 rings (SSSR count). The van der Waals surface area contributed by atoms with Gasteiger partial charge in [-0.25, -0.2) is 4.39 Å². The van der Waals surface area contributed by atoms with Crippen LogP contribution in [0.15, 0.2) is 36.5 Å². The standard InChI is InChI=1S/C29H38FN5O2.2ClH/c1-19-9-26(36)34(14-19)16-24-13-31-20(2)15-33(24)17-27(37)35-18-29(3,4)28-25(35)11-22(12-32-28)10-21-5-7-23(30)8-6-21;;/h5-8,11-12,19-20,24,31H,9-10,13-18H2,1-4H3;2*1H/t19?,20-,24-;;/m1../s1. The highest BCUT2D eigenvalue weighted by Crippen LogP contribution is 2.39. The fourth-order valence-corrected chi connectivity index (χ4v) is 6.00. The number of benzene rings is 1. The van der Waals surface area contributed by atoms with Crippen LogP contribution in [0.25, 0.3) is 0 Å². The third kappa shape index (κ3) is 6.91. The van der Waals surface area contributed by atoms with Crippen LogP contribution in [0.2, 0.25) is 0 Å². The predicted molar refractivity (Wildman–Crippen MR) is 157 cm³/mol. The molecule has 7 nitrogen and oxygen atoms in total. The molecule has 10 heteroatoms. The summed E-state index contributed by atoms with van der Waals surface area (Å²) in [5.74, 6) is 0.414. The lowest BCUT2D eigenvalue weighted by molar-refractivity contribution is -0.128. The van der Waals surface area contributed by atoms with Crippen LogP contribution in [-0.4, -0.2) is 78.0 Å². The number of carbonyl (C=O) groups excluding carboxylic acids is 2. The van der Waals surface area contributed by atoms with Gasteiger partial charge in [-0.2, -0.15) is 0 Å². The van der Waals surface area contributed by atoms with Gasteiger partial charge >= 0.3 is 0 Å². The molecular formula is C29H40Cl2FN5O2. The molecule has 2 amide bonds. The smallest absolute Gasteiger partial charge is 0.241 e. The molecule has 1 N–H and O–H groups in total. The van der Waals surface area contributed by atoms with E-state index in [2.05, 4.69) is 44.0 Å². The lowest BCUT2D eigenvalue weighted by atomic mass is 9.91. The van der Waals surface area contributed by atoms with E-state index >= 15 is 0 Å². The second-order valence-corrected chi connectivity index (χ2v) is 11.9. The quantitative estimate of drug-likeness (QED) is 0.563. The zero-order valence-corrected chi connectivity index (χ0v) is 24.8. The number of piperazine rings is 1. The number of rotatable bonds is 6. The highest BCUT2D eigenvalue weighted by atomic mass is 35.5. The van der Waals surface area contributed by atoms with Gasteiger partial charge < -0.3 is 15.1 Å². The van der Waals surface area contributed by atoms with E-state index in [9.17, 15) is 14.0 Å². The van der Waals surface area contributed by atoms with Crippen molar-refractivity contribution >= 4 is 42.3 Å². The molecule has 0 bridgehead atoms. The average Bonchev–Trinajstić information content (AvgIpc) is 3.30. The van der Waals surface area contributed by atoms with Crippen LogP contribution in [0, 0.1) is 11.7 Å². The van der Waals surface area contributed by atoms with Crippen molar-refractivity contribution in [3.05, 3.63) is 59.2 Å². The number of nitrogens with one attached hydrogen (secondary N) is 1. The van der Waals surface area contributed by atoms with Gasteiger partial charge in [0.15, 0.2) is 0 Å². The number of halogens is 3. The van der Waals surface area contributed by atoms with E-state index in [1.807, 2.05) is 16.0 Å². The summed E-state index contributed by atoms with van der Waals surface area (Å²) in [6.45, 7) is 12.4. The largest absolute Gasteiger partial charge is 0.341 e. The minimum absolute atomic E-state index is 0. The Labute approximate surface area is 243 Å². The number of amides is 2. The van der Waals surface area contributed by atoms with E-state index in [1.54, 1.807) is 12.1 Å². The summed E-state index contributed by atoms with van der Waals surface area (Å²) < 4.78 is 13.3. The summed E-state index contributed by atoms with van der Waals surface area (Å²) in [5.41, 5.74) is 3.56. The Hall–Kier alpha value is -2.26. The zero-order chi connectivity index (χ0) is 26.3. The molecule has 3 aliphatic heterocycles. The van der Waals surface area contributed by atoms with Crippen molar-refractivity contribution < 1.29 is 14.0 Å². The molecular weight excluding hydrogens is 540 g/mol. The highest BCUT2D eigenvalue weighted by Gasteiger charge is 2.41. The maximum Gasteiger partial charge on any atom is 0.241 e. The lowest BCUT2D eigenvalue weighted by Gasteiger charge is -2.41. The molecule has 39 heavy (non-hydrogen) atoms. The molecule has 2 fully saturated rings. The number of carbonyl (C=O) groups is 2. The Morgan fingerprint density at radius 3 is 2.51 bits per heavy atom. The number of nitrogens with zero attached hydrogens (tertiary/aromatic N) is 4. The molecule has 1 aromatic heterocycles. The van der Waals surface area contributed by atoms with E-state index < -0.39 is 0 Å². The number of hydrogen-bond donors (Lipinski definition) is 1. The molecule has 2 aromatic rings. The molecule has 0 aliphatic carbocycles. The van der Waals surface area contributed by atoms with Crippen LogP contribution in [0.4, 0.5) is 10.1 Å². The van der Waals surface area contributed by atoms with Gasteiger partial charge in [0.1, 0.15) is 5.82 Å².